The van der Waals surface area contributed by atoms with Crippen LogP contribution in [0.5, 0.6) is 0 Å². The minimum Gasteiger partial charge on any atom is -0.310 e. The molecule has 0 amide bonds. The molecule has 0 radical (unpaired) electrons. The second-order valence-corrected chi connectivity index (χ2v) is 5.75. The Morgan fingerprint density at radius 1 is 1.62 bits per heavy atom. The molecule has 1 fully saturated rings. The maximum absolute atomic E-state index is 4.49. The van der Waals surface area contributed by atoms with Gasteiger partial charge in [-0.05, 0) is 31.8 Å². The Morgan fingerprint density at radius 2 is 2.38 bits per heavy atom. The van der Waals surface area contributed by atoms with Gasteiger partial charge in [0.05, 0.1) is 0 Å². The number of hydrogen-bond donors (Lipinski definition) is 1. The third-order valence-corrected chi connectivity index (χ3v) is 3.77. The molecule has 16 heavy (non-hydrogen) atoms. The third kappa shape index (κ3) is 3.42. The van der Waals surface area contributed by atoms with Crippen LogP contribution in [0.3, 0.4) is 0 Å². The fraction of sp³-hybridized carbons (Fsp3) is 0.615. The van der Waals surface area contributed by atoms with Crippen LogP contribution in [0.15, 0.2) is 11.0 Å². The second kappa shape index (κ2) is 5.11. The van der Waals surface area contributed by atoms with Crippen molar-refractivity contribution in [3.8, 4) is 0 Å². The molecule has 1 aromatic rings. The van der Waals surface area contributed by atoms with Crippen LogP contribution in [0.1, 0.15) is 37.4 Å². The van der Waals surface area contributed by atoms with Crippen molar-refractivity contribution in [2.24, 2.45) is 5.92 Å². The topological polar surface area (TPSA) is 24.9 Å². The van der Waals surface area contributed by atoms with E-state index in [9.17, 15) is 0 Å². The molecule has 0 aromatic carbocycles. The summed E-state index contributed by atoms with van der Waals surface area (Å²) in [6.07, 6.45) is 4.95. The van der Waals surface area contributed by atoms with Gasteiger partial charge in [-0.15, -0.1) is 11.3 Å². The molecule has 0 spiro atoms. The quantitative estimate of drug-likeness (QED) is 0.849. The lowest BCUT2D eigenvalue weighted by Crippen LogP contribution is -2.21. The second-order valence-electron chi connectivity index (χ2n) is 4.86. The van der Waals surface area contributed by atoms with Crippen molar-refractivity contribution >= 4 is 17.4 Å². The van der Waals surface area contributed by atoms with Gasteiger partial charge < -0.3 is 5.32 Å². The largest absolute Gasteiger partial charge is 0.310 e. The molecule has 0 bridgehead atoms. The number of thiazole rings is 1. The van der Waals surface area contributed by atoms with Crippen molar-refractivity contribution in [1.82, 2.24) is 10.3 Å². The molecular formula is C13H20N2S. The Morgan fingerprint density at radius 3 is 2.88 bits per heavy atom. The monoisotopic (exact) mass is 236 g/mol. The third-order valence-electron chi connectivity index (χ3n) is 2.86. The van der Waals surface area contributed by atoms with E-state index in [0.717, 1.165) is 23.3 Å². The first-order valence-electron chi connectivity index (χ1n) is 6.01. The van der Waals surface area contributed by atoms with Crippen LogP contribution in [-0.2, 0) is 0 Å². The van der Waals surface area contributed by atoms with Gasteiger partial charge in [0, 0.05) is 23.7 Å². The van der Waals surface area contributed by atoms with E-state index in [1.54, 1.807) is 11.3 Å². The van der Waals surface area contributed by atoms with Crippen molar-refractivity contribution in [1.29, 1.82) is 0 Å². The average Bonchev–Trinajstić information content (AvgIpc) is 2.96. The fourth-order valence-corrected chi connectivity index (χ4v) is 2.33. The zero-order valence-corrected chi connectivity index (χ0v) is 11.1. The summed E-state index contributed by atoms with van der Waals surface area (Å²) >= 11 is 1.73. The Kier molecular flexibility index (Phi) is 3.77. The van der Waals surface area contributed by atoms with E-state index in [-0.39, 0.29) is 0 Å². The van der Waals surface area contributed by atoms with Gasteiger partial charge >= 0.3 is 0 Å². The lowest BCUT2D eigenvalue weighted by atomic mass is 10.0. The summed E-state index contributed by atoms with van der Waals surface area (Å²) in [7, 11) is 0. The fourth-order valence-electron chi connectivity index (χ4n) is 1.57. The van der Waals surface area contributed by atoms with Crippen LogP contribution in [0, 0.1) is 12.8 Å². The van der Waals surface area contributed by atoms with Crippen LogP contribution in [-0.4, -0.2) is 17.6 Å². The summed E-state index contributed by atoms with van der Waals surface area (Å²) in [5.41, 5.74) is 2.58. The number of hydrogen-bond acceptors (Lipinski definition) is 3. The van der Waals surface area contributed by atoms with Crippen LogP contribution in [0.4, 0.5) is 0 Å². The van der Waals surface area contributed by atoms with Crippen molar-refractivity contribution in [3.63, 3.8) is 0 Å². The summed E-state index contributed by atoms with van der Waals surface area (Å²) < 4.78 is 0. The van der Waals surface area contributed by atoms with Crippen molar-refractivity contribution in [2.75, 3.05) is 6.54 Å². The minimum absolute atomic E-state index is 0.593. The van der Waals surface area contributed by atoms with Gasteiger partial charge in [0.1, 0.15) is 5.01 Å². The van der Waals surface area contributed by atoms with Crippen molar-refractivity contribution < 1.29 is 0 Å². The predicted octanol–water partition coefficient (Wildman–Crippen LogP) is 3.24. The Balaban J connectivity index is 2.01. The number of rotatable bonds is 5. The van der Waals surface area contributed by atoms with Crippen molar-refractivity contribution in [2.45, 2.75) is 39.7 Å². The summed E-state index contributed by atoms with van der Waals surface area (Å²) in [4.78, 5) is 4.49. The standard InChI is InChI=1S/C13H20N2S/c1-9(2)11(7-14-12-4-5-12)6-13-15-10(3)8-16-13/h6,8-9,12,14H,4-5,7H2,1-3H3. The van der Waals surface area contributed by atoms with Crippen LogP contribution in [0.25, 0.3) is 6.08 Å². The molecule has 0 unspecified atom stereocenters. The molecule has 1 aliphatic carbocycles. The SMILES string of the molecule is Cc1csc(C=C(CNC2CC2)C(C)C)n1. The smallest absolute Gasteiger partial charge is 0.116 e. The van der Waals surface area contributed by atoms with E-state index in [0.29, 0.717) is 5.92 Å². The molecule has 0 atom stereocenters. The molecule has 1 N–H and O–H groups in total. The summed E-state index contributed by atoms with van der Waals surface area (Å²) in [5.74, 6) is 0.593. The van der Waals surface area contributed by atoms with E-state index in [1.165, 1.54) is 18.4 Å². The van der Waals surface area contributed by atoms with E-state index < -0.39 is 0 Å². The molecule has 1 aromatic heterocycles. The molecule has 3 heteroatoms. The number of aryl methyl sites for hydroxylation is 1. The highest BCUT2D eigenvalue weighted by molar-refractivity contribution is 7.10. The molecule has 2 nitrogen and oxygen atoms in total. The van der Waals surface area contributed by atoms with Crippen molar-refractivity contribution in [3.05, 3.63) is 21.7 Å². The highest BCUT2D eigenvalue weighted by Gasteiger charge is 2.20. The Hall–Kier alpha value is -0.670. The van der Waals surface area contributed by atoms with Gasteiger partial charge in [0.25, 0.3) is 0 Å². The molecule has 0 saturated heterocycles. The van der Waals surface area contributed by atoms with Crippen LogP contribution < -0.4 is 5.32 Å². The van der Waals surface area contributed by atoms with Gasteiger partial charge in [-0.25, -0.2) is 4.98 Å². The zero-order chi connectivity index (χ0) is 11.5. The molecule has 2 rings (SSSR count). The summed E-state index contributed by atoms with van der Waals surface area (Å²) in [6, 6.07) is 0.778. The first-order valence-corrected chi connectivity index (χ1v) is 6.89. The van der Waals surface area contributed by atoms with Crippen LogP contribution >= 0.6 is 11.3 Å². The lowest BCUT2D eigenvalue weighted by Gasteiger charge is -2.11. The highest BCUT2D eigenvalue weighted by atomic mass is 32.1. The van der Waals surface area contributed by atoms with Gasteiger partial charge in [-0.2, -0.15) is 0 Å². The predicted molar refractivity (Wildman–Crippen MR) is 70.7 cm³/mol. The molecule has 1 saturated carbocycles. The zero-order valence-electron chi connectivity index (χ0n) is 10.3. The van der Waals surface area contributed by atoms with Gasteiger partial charge in [-0.1, -0.05) is 19.4 Å². The average molecular weight is 236 g/mol. The van der Waals surface area contributed by atoms with E-state index in [2.05, 4.69) is 35.6 Å². The summed E-state index contributed by atoms with van der Waals surface area (Å²) in [5, 5.41) is 6.82. The molecule has 0 aliphatic heterocycles. The van der Waals surface area contributed by atoms with Gasteiger partial charge in [-0.3, -0.25) is 0 Å². The Labute approximate surface area is 102 Å². The molecule has 1 heterocycles. The number of aromatic nitrogens is 1. The van der Waals surface area contributed by atoms with Crippen LogP contribution in [0.2, 0.25) is 0 Å². The molecule has 88 valence electrons. The molecular weight excluding hydrogens is 216 g/mol. The summed E-state index contributed by atoms with van der Waals surface area (Å²) in [6.45, 7) is 7.56. The number of nitrogens with zero attached hydrogens (tertiary/aromatic N) is 1. The van der Waals surface area contributed by atoms with E-state index in [4.69, 9.17) is 0 Å². The van der Waals surface area contributed by atoms with Gasteiger partial charge in [0.15, 0.2) is 0 Å². The van der Waals surface area contributed by atoms with E-state index >= 15 is 0 Å². The first kappa shape index (κ1) is 11.8. The first-order chi connectivity index (χ1) is 7.65. The van der Waals surface area contributed by atoms with E-state index in [1.807, 2.05) is 6.92 Å². The van der Waals surface area contributed by atoms with Gasteiger partial charge in [0.2, 0.25) is 0 Å². The lowest BCUT2D eigenvalue weighted by molar-refractivity contribution is 0.662. The maximum atomic E-state index is 4.49. The molecule has 1 aliphatic rings. The normalized spacial score (nSPS) is 17.1. The Bertz CT molecular complexity index is 375. The maximum Gasteiger partial charge on any atom is 0.116 e. The number of nitrogens with one attached hydrogen (secondary N) is 1. The highest BCUT2D eigenvalue weighted by Crippen LogP contribution is 2.21. The minimum atomic E-state index is 0.593.